The first-order valence-electron chi connectivity index (χ1n) is 7.48. The standard InChI is InChI=1S/C18H14BrNO3/c19-11-6-8-15-14(9-11)18(23,17(22)20-15)13-7-5-10-3-1-2-4-12(10)16(13)21/h1-4,6,8-9,13,23H,5,7H2,(H,20,22)/t13-,18+/m1/s1. The van der Waals surface area contributed by atoms with E-state index in [9.17, 15) is 14.7 Å². The molecule has 2 aromatic carbocycles. The summed E-state index contributed by atoms with van der Waals surface area (Å²) in [5.74, 6) is -1.46. The summed E-state index contributed by atoms with van der Waals surface area (Å²) < 4.78 is 0.759. The molecule has 1 aliphatic heterocycles. The van der Waals surface area contributed by atoms with Gasteiger partial charge < -0.3 is 10.4 Å². The molecule has 4 rings (SSSR count). The molecule has 0 fully saturated rings. The molecule has 0 saturated carbocycles. The maximum atomic E-state index is 12.9. The zero-order valence-corrected chi connectivity index (χ0v) is 13.8. The average Bonchev–Trinajstić information content (AvgIpc) is 2.80. The molecule has 1 amide bonds. The van der Waals surface area contributed by atoms with E-state index in [1.807, 2.05) is 18.2 Å². The minimum atomic E-state index is -1.82. The van der Waals surface area contributed by atoms with Crippen LogP contribution >= 0.6 is 15.9 Å². The number of fused-ring (bicyclic) bond motifs is 2. The molecular formula is C18H14BrNO3. The highest BCUT2D eigenvalue weighted by Crippen LogP contribution is 2.46. The van der Waals surface area contributed by atoms with Crippen LogP contribution in [0.3, 0.4) is 0 Å². The SMILES string of the molecule is O=C1c2ccccc2CC[C@H]1[C@@]1(O)C(=O)Nc2ccc(Br)cc21. The molecule has 1 heterocycles. The average molecular weight is 372 g/mol. The molecule has 0 spiro atoms. The summed E-state index contributed by atoms with van der Waals surface area (Å²) in [4.78, 5) is 25.4. The quantitative estimate of drug-likeness (QED) is 0.809. The summed E-state index contributed by atoms with van der Waals surface area (Å²) in [6, 6.07) is 12.6. The number of aryl methyl sites for hydroxylation is 1. The van der Waals surface area contributed by atoms with E-state index < -0.39 is 17.4 Å². The van der Waals surface area contributed by atoms with Crippen molar-refractivity contribution in [2.24, 2.45) is 5.92 Å². The van der Waals surface area contributed by atoms with Crippen LogP contribution < -0.4 is 5.32 Å². The molecular weight excluding hydrogens is 358 g/mol. The lowest BCUT2D eigenvalue weighted by atomic mass is 9.71. The van der Waals surface area contributed by atoms with Gasteiger partial charge in [-0.2, -0.15) is 0 Å². The van der Waals surface area contributed by atoms with Crippen molar-refractivity contribution in [1.82, 2.24) is 0 Å². The first-order chi connectivity index (χ1) is 11.0. The highest BCUT2D eigenvalue weighted by atomic mass is 79.9. The third-order valence-corrected chi connectivity index (χ3v) is 5.29. The first kappa shape index (κ1) is 14.6. The maximum absolute atomic E-state index is 12.9. The number of nitrogens with one attached hydrogen (secondary N) is 1. The van der Waals surface area contributed by atoms with E-state index in [-0.39, 0.29) is 5.78 Å². The lowest BCUT2D eigenvalue weighted by molar-refractivity contribution is -0.138. The van der Waals surface area contributed by atoms with Crippen LogP contribution in [0.2, 0.25) is 0 Å². The number of carbonyl (C=O) groups is 2. The lowest BCUT2D eigenvalue weighted by Crippen LogP contribution is -2.47. The fourth-order valence-electron chi connectivity index (χ4n) is 3.62. The smallest absolute Gasteiger partial charge is 0.261 e. The molecule has 0 radical (unpaired) electrons. The minimum absolute atomic E-state index is 0.169. The van der Waals surface area contributed by atoms with E-state index >= 15 is 0 Å². The van der Waals surface area contributed by atoms with E-state index in [1.165, 1.54) is 0 Å². The summed E-state index contributed by atoms with van der Waals surface area (Å²) in [6.45, 7) is 0. The number of anilines is 1. The van der Waals surface area contributed by atoms with Gasteiger partial charge in [0.05, 0.1) is 5.92 Å². The van der Waals surface area contributed by atoms with Gasteiger partial charge >= 0.3 is 0 Å². The van der Waals surface area contributed by atoms with Crippen LogP contribution in [0.5, 0.6) is 0 Å². The third kappa shape index (κ3) is 2.00. The Hall–Kier alpha value is -1.98. The Balaban J connectivity index is 1.84. The maximum Gasteiger partial charge on any atom is 0.261 e. The number of aliphatic hydroxyl groups is 1. The predicted molar refractivity (Wildman–Crippen MR) is 89.3 cm³/mol. The van der Waals surface area contributed by atoms with Gasteiger partial charge in [-0.1, -0.05) is 40.2 Å². The first-order valence-corrected chi connectivity index (χ1v) is 8.27. The molecule has 1 aliphatic carbocycles. The van der Waals surface area contributed by atoms with E-state index in [0.717, 1.165) is 10.0 Å². The summed E-state index contributed by atoms with van der Waals surface area (Å²) in [5.41, 5.74) is 0.796. The van der Waals surface area contributed by atoms with Gasteiger partial charge in [0.15, 0.2) is 11.4 Å². The van der Waals surface area contributed by atoms with Crippen LogP contribution in [0.15, 0.2) is 46.9 Å². The molecule has 2 aromatic rings. The van der Waals surface area contributed by atoms with E-state index in [1.54, 1.807) is 24.3 Å². The highest BCUT2D eigenvalue weighted by molar-refractivity contribution is 9.10. The molecule has 2 aliphatic rings. The second-order valence-electron chi connectivity index (χ2n) is 6.02. The number of benzene rings is 2. The van der Waals surface area contributed by atoms with Gasteiger partial charge in [-0.05, 0) is 36.6 Å². The second kappa shape index (κ2) is 5.01. The Bertz CT molecular complexity index is 848. The van der Waals surface area contributed by atoms with Crippen molar-refractivity contribution in [3.8, 4) is 0 Å². The Morgan fingerprint density at radius 1 is 1.17 bits per heavy atom. The zero-order chi connectivity index (χ0) is 16.2. The Morgan fingerprint density at radius 2 is 1.96 bits per heavy atom. The van der Waals surface area contributed by atoms with Gasteiger partial charge in [-0.15, -0.1) is 0 Å². The van der Waals surface area contributed by atoms with Crippen molar-refractivity contribution in [1.29, 1.82) is 0 Å². The Labute approximate surface area is 141 Å². The van der Waals surface area contributed by atoms with Crippen LogP contribution in [-0.4, -0.2) is 16.8 Å². The van der Waals surface area contributed by atoms with Crippen molar-refractivity contribution in [3.05, 3.63) is 63.6 Å². The monoisotopic (exact) mass is 371 g/mol. The van der Waals surface area contributed by atoms with Crippen LogP contribution in [0.25, 0.3) is 0 Å². The summed E-state index contributed by atoms with van der Waals surface area (Å²) in [6.07, 6.45) is 1.12. The molecule has 2 atom stereocenters. The van der Waals surface area contributed by atoms with Gasteiger partial charge in [0, 0.05) is 21.3 Å². The second-order valence-corrected chi connectivity index (χ2v) is 6.94. The van der Waals surface area contributed by atoms with Gasteiger partial charge in [0.2, 0.25) is 0 Å². The molecule has 0 bridgehead atoms. The van der Waals surface area contributed by atoms with Gasteiger partial charge in [-0.3, -0.25) is 9.59 Å². The normalized spacial score (nSPS) is 25.7. The molecule has 5 heteroatoms. The molecule has 0 aromatic heterocycles. The minimum Gasteiger partial charge on any atom is -0.375 e. The number of hydrogen-bond acceptors (Lipinski definition) is 3. The largest absolute Gasteiger partial charge is 0.375 e. The molecule has 0 unspecified atom stereocenters. The Morgan fingerprint density at radius 3 is 2.78 bits per heavy atom. The molecule has 116 valence electrons. The lowest BCUT2D eigenvalue weighted by Gasteiger charge is -2.33. The number of Topliss-reactive ketones (excluding diaryl/α,β-unsaturated/α-hetero) is 1. The van der Waals surface area contributed by atoms with Crippen molar-refractivity contribution < 1.29 is 14.7 Å². The molecule has 23 heavy (non-hydrogen) atoms. The van der Waals surface area contributed by atoms with Gasteiger partial charge in [-0.25, -0.2) is 0 Å². The third-order valence-electron chi connectivity index (χ3n) is 4.79. The number of hydrogen-bond donors (Lipinski definition) is 2. The fourth-order valence-corrected chi connectivity index (χ4v) is 3.98. The highest BCUT2D eigenvalue weighted by Gasteiger charge is 2.54. The van der Waals surface area contributed by atoms with E-state index in [0.29, 0.717) is 29.7 Å². The zero-order valence-electron chi connectivity index (χ0n) is 12.2. The van der Waals surface area contributed by atoms with E-state index in [4.69, 9.17) is 0 Å². The molecule has 0 saturated heterocycles. The summed E-state index contributed by atoms with van der Waals surface area (Å²) >= 11 is 3.37. The Kier molecular flexibility index (Phi) is 3.18. The summed E-state index contributed by atoms with van der Waals surface area (Å²) in [7, 11) is 0. The van der Waals surface area contributed by atoms with Gasteiger partial charge in [0.1, 0.15) is 0 Å². The fraction of sp³-hybridized carbons (Fsp3) is 0.222. The number of amides is 1. The van der Waals surface area contributed by atoms with Crippen molar-refractivity contribution in [3.63, 3.8) is 0 Å². The van der Waals surface area contributed by atoms with Crippen molar-refractivity contribution in [2.45, 2.75) is 18.4 Å². The van der Waals surface area contributed by atoms with Crippen LogP contribution in [0, 0.1) is 5.92 Å². The molecule has 2 N–H and O–H groups in total. The molecule has 4 nitrogen and oxygen atoms in total. The van der Waals surface area contributed by atoms with Crippen LogP contribution in [0.1, 0.15) is 27.9 Å². The number of halogens is 1. The van der Waals surface area contributed by atoms with Crippen molar-refractivity contribution in [2.75, 3.05) is 5.32 Å². The van der Waals surface area contributed by atoms with Crippen LogP contribution in [-0.2, 0) is 16.8 Å². The van der Waals surface area contributed by atoms with Crippen LogP contribution in [0.4, 0.5) is 5.69 Å². The van der Waals surface area contributed by atoms with E-state index in [2.05, 4.69) is 21.2 Å². The topological polar surface area (TPSA) is 66.4 Å². The number of carbonyl (C=O) groups excluding carboxylic acids is 2. The number of ketones is 1. The van der Waals surface area contributed by atoms with Gasteiger partial charge in [0.25, 0.3) is 5.91 Å². The predicted octanol–water partition coefficient (Wildman–Crippen LogP) is 3.03. The number of rotatable bonds is 1. The van der Waals surface area contributed by atoms with Crippen molar-refractivity contribution >= 4 is 33.3 Å². The summed E-state index contributed by atoms with van der Waals surface area (Å²) in [5, 5.41) is 13.9.